The largest absolute Gasteiger partial charge is 0.393 e. The van der Waals surface area contributed by atoms with Crippen LogP contribution in [0.25, 0.3) is 0 Å². The lowest BCUT2D eigenvalue weighted by Gasteiger charge is -2.35. The Morgan fingerprint density at radius 3 is 2.92 bits per heavy atom. The van der Waals surface area contributed by atoms with E-state index in [2.05, 4.69) is 6.92 Å². The van der Waals surface area contributed by atoms with E-state index in [1.165, 1.54) is 0 Å². The van der Waals surface area contributed by atoms with Crippen LogP contribution in [0.1, 0.15) is 26.2 Å². The maximum Gasteiger partial charge on any atom is 0.114 e. The second-order valence-electron chi connectivity index (χ2n) is 3.35. The normalized spacial score (nSPS) is 30.5. The van der Waals surface area contributed by atoms with Crippen molar-refractivity contribution in [1.29, 1.82) is 0 Å². The number of ether oxygens (including phenoxy) is 2. The van der Waals surface area contributed by atoms with Gasteiger partial charge in [0, 0.05) is 13.2 Å². The van der Waals surface area contributed by atoms with E-state index < -0.39 is 5.60 Å². The zero-order chi connectivity index (χ0) is 8.86. The van der Waals surface area contributed by atoms with Gasteiger partial charge in [-0.2, -0.15) is 0 Å². The number of aliphatic hydroxyl groups is 1. The first kappa shape index (κ1) is 9.96. The fraction of sp³-hybridized carbons (Fsp3) is 1.00. The number of hydrogen-bond donors (Lipinski definition) is 1. The Hall–Kier alpha value is -0.120. The third kappa shape index (κ3) is 2.44. The molecule has 0 aliphatic carbocycles. The van der Waals surface area contributed by atoms with Crippen molar-refractivity contribution in [3.8, 4) is 0 Å². The molecule has 0 aromatic rings. The second-order valence-corrected chi connectivity index (χ2v) is 3.35. The van der Waals surface area contributed by atoms with Crippen molar-refractivity contribution < 1.29 is 14.6 Å². The molecular weight excluding hydrogens is 156 g/mol. The molecular formula is C9H18O3. The highest BCUT2D eigenvalue weighted by Gasteiger charge is 2.32. The molecule has 3 heteroatoms. The monoisotopic (exact) mass is 174 g/mol. The van der Waals surface area contributed by atoms with Gasteiger partial charge < -0.3 is 14.6 Å². The zero-order valence-corrected chi connectivity index (χ0v) is 7.71. The SMILES string of the molecule is CCCOC1(CO)CCCOC1. The Balaban J connectivity index is 2.37. The summed E-state index contributed by atoms with van der Waals surface area (Å²) in [5.41, 5.74) is -0.395. The highest BCUT2D eigenvalue weighted by atomic mass is 16.6. The van der Waals surface area contributed by atoms with Gasteiger partial charge >= 0.3 is 0 Å². The van der Waals surface area contributed by atoms with Gasteiger partial charge in [-0.15, -0.1) is 0 Å². The molecule has 0 aromatic heterocycles. The first-order valence-corrected chi connectivity index (χ1v) is 4.65. The maximum absolute atomic E-state index is 9.16. The molecule has 1 aliphatic rings. The molecule has 72 valence electrons. The average molecular weight is 174 g/mol. The van der Waals surface area contributed by atoms with Crippen LogP contribution in [0, 0.1) is 0 Å². The van der Waals surface area contributed by atoms with Gasteiger partial charge in [0.05, 0.1) is 13.2 Å². The molecule has 1 heterocycles. The smallest absolute Gasteiger partial charge is 0.114 e. The van der Waals surface area contributed by atoms with E-state index in [1.807, 2.05) is 0 Å². The molecule has 0 amide bonds. The van der Waals surface area contributed by atoms with Crippen LogP contribution in [0.2, 0.25) is 0 Å². The first-order chi connectivity index (χ1) is 5.83. The highest BCUT2D eigenvalue weighted by molar-refractivity contribution is 4.82. The summed E-state index contributed by atoms with van der Waals surface area (Å²) in [5, 5.41) is 9.16. The quantitative estimate of drug-likeness (QED) is 0.689. The van der Waals surface area contributed by atoms with Crippen molar-refractivity contribution >= 4 is 0 Å². The Labute approximate surface area is 73.7 Å². The molecule has 1 fully saturated rings. The summed E-state index contributed by atoms with van der Waals surface area (Å²) in [6, 6.07) is 0. The molecule has 1 atom stereocenters. The van der Waals surface area contributed by atoms with E-state index >= 15 is 0 Å². The Morgan fingerprint density at radius 2 is 2.42 bits per heavy atom. The standard InChI is InChI=1S/C9H18O3/c1-2-5-12-9(7-10)4-3-6-11-8-9/h10H,2-8H2,1H3. The van der Waals surface area contributed by atoms with Crippen LogP contribution >= 0.6 is 0 Å². The number of hydrogen-bond acceptors (Lipinski definition) is 3. The van der Waals surface area contributed by atoms with Gasteiger partial charge in [-0.3, -0.25) is 0 Å². The lowest BCUT2D eigenvalue weighted by atomic mass is 9.97. The molecule has 0 bridgehead atoms. The minimum Gasteiger partial charge on any atom is -0.393 e. The first-order valence-electron chi connectivity index (χ1n) is 4.65. The van der Waals surface area contributed by atoms with Gasteiger partial charge in [-0.1, -0.05) is 6.92 Å². The van der Waals surface area contributed by atoms with Crippen molar-refractivity contribution in [2.45, 2.75) is 31.8 Å². The minimum atomic E-state index is -0.395. The number of aliphatic hydroxyl groups excluding tert-OH is 1. The molecule has 0 radical (unpaired) electrons. The summed E-state index contributed by atoms with van der Waals surface area (Å²) < 4.78 is 10.9. The van der Waals surface area contributed by atoms with Gasteiger partial charge in [0.1, 0.15) is 5.60 Å². The summed E-state index contributed by atoms with van der Waals surface area (Å²) in [6.07, 6.45) is 2.90. The van der Waals surface area contributed by atoms with E-state index in [-0.39, 0.29) is 6.61 Å². The summed E-state index contributed by atoms with van der Waals surface area (Å²) in [5.74, 6) is 0. The zero-order valence-electron chi connectivity index (χ0n) is 7.71. The van der Waals surface area contributed by atoms with E-state index in [0.717, 1.165) is 25.9 Å². The van der Waals surface area contributed by atoms with Crippen molar-refractivity contribution in [1.82, 2.24) is 0 Å². The predicted octanol–water partition coefficient (Wildman–Crippen LogP) is 0.954. The summed E-state index contributed by atoms with van der Waals surface area (Å²) in [7, 11) is 0. The van der Waals surface area contributed by atoms with E-state index in [1.54, 1.807) is 0 Å². The molecule has 3 nitrogen and oxygen atoms in total. The molecule has 12 heavy (non-hydrogen) atoms. The van der Waals surface area contributed by atoms with Crippen LogP contribution in [0.15, 0.2) is 0 Å². The molecule has 1 aliphatic heterocycles. The molecule has 0 saturated carbocycles. The minimum absolute atomic E-state index is 0.0764. The van der Waals surface area contributed by atoms with Crippen molar-refractivity contribution in [3.05, 3.63) is 0 Å². The van der Waals surface area contributed by atoms with E-state index in [0.29, 0.717) is 13.2 Å². The second kappa shape index (κ2) is 4.80. The van der Waals surface area contributed by atoms with Gasteiger partial charge in [0.2, 0.25) is 0 Å². The molecule has 0 spiro atoms. The van der Waals surface area contributed by atoms with Crippen LogP contribution in [-0.4, -0.2) is 37.1 Å². The van der Waals surface area contributed by atoms with Crippen molar-refractivity contribution in [2.24, 2.45) is 0 Å². The van der Waals surface area contributed by atoms with Crippen LogP contribution in [0.5, 0.6) is 0 Å². The summed E-state index contributed by atoms with van der Waals surface area (Å²) in [4.78, 5) is 0. The van der Waals surface area contributed by atoms with Crippen molar-refractivity contribution in [3.63, 3.8) is 0 Å². The average Bonchev–Trinajstić information content (AvgIpc) is 2.16. The predicted molar refractivity (Wildman–Crippen MR) is 46.1 cm³/mol. The summed E-state index contributed by atoms with van der Waals surface area (Å²) in [6.45, 7) is 4.20. The van der Waals surface area contributed by atoms with Crippen LogP contribution in [0.3, 0.4) is 0 Å². The summed E-state index contributed by atoms with van der Waals surface area (Å²) >= 11 is 0. The van der Waals surface area contributed by atoms with E-state index in [9.17, 15) is 0 Å². The third-order valence-corrected chi connectivity index (χ3v) is 2.19. The van der Waals surface area contributed by atoms with Crippen LogP contribution in [0.4, 0.5) is 0 Å². The lowest BCUT2D eigenvalue weighted by Crippen LogP contribution is -2.45. The topological polar surface area (TPSA) is 38.7 Å². The molecule has 1 unspecified atom stereocenters. The van der Waals surface area contributed by atoms with Gasteiger partial charge in [0.25, 0.3) is 0 Å². The fourth-order valence-corrected chi connectivity index (χ4v) is 1.43. The Kier molecular flexibility index (Phi) is 3.98. The third-order valence-electron chi connectivity index (χ3n) is 2.19. The fourth-order valence-electron chi connectivity index (χ4n) is 1.43. The Morgan fingerprint density at radius 1 is 1.58 bits per heavy atom. The molecule has 0 aromatic carbocycles. The van der Waals surface area contributed by atoms with Gasteiger partial charge in [-0.05, 0) is 19.3 Å². The van der Waals surface area contributed by atoms with Gasteiger partial charge in [-0.25, -0.2) is 0 Å². The van der Waals surface area contributed by atoms with Crippen molar-refractivity contribution in [2.75, 3.05) is 26.4 Å². The molecule has 1 rings (SSSR count). The number of rotatable bonds is 4. The molecule has 1 saturated heterocycles. The maximum atomic E-state index is 9.16. The Bertz CT molecular complexity index is 119. The van der Waals surface area contributed by atoms with E-state index in [4.69, 9.17) is 14.6 Å². The highest BCUT2D eigenvalue weighted by Crippen LogP contribution is 2.22. The lowest BCUT2D eigenvalue weighted by molar-refractivity contribution is -0.150. The van der Waals surface area contributed by atoms with Crippen LogP contribution < -0.4 is 0 Å². The molecule has 1 N–H and O–H groups in total. The van der Waals surface area contributed by atoms with Gasteiger partial charge in [0.15, 0.2) is 0 Å². The van der Waals surface area contributed by atoms with Crippen LogP contribution in [-0.2, 0) is 9.47 Å².